The molecule has 1 aromatic carbocycles. The summed E-state index contributed by atoms with van der Waals surface area (Å²) in [4.78, 5) is 12.6. The summed E-state index contributed by atoms with van der Waals surface area (Å²) in [6.45, 7) is 5.01. The van der Waals surface area contributed by atoms with E-state index in [0.29, 0.717) is 18.8 Å². The fourth-order valence-electron chi connectivity index (χ4n) is 2.75. The van der Waals surface area contributed by atoms with Gasteiger partial charge in [0.1, 0.15) is 0 Å². The summed E-state index contributed by atoms with van der Waals surface area (Å²) in [5, 5.41) is 15.5. The zero-order valence-corrected chi connectivity index (χ0v) is 18.9. The van der Waals surface area contributed by atoms with E-state index in [-0.39, 0.29) is 22.4 Å². The second kappa shape index (κ2) is 10.6. The molecular weight excluding hydrogens is 440 g/mol. The van der Waals surface area contributed by atoms with Crippen LogP contribution in [0.4, 0.5) is 6.01 Å². The highest BCUT2D eigenvalue weighted by Crippen LogP contribution is 2.20. The number of nitrogens with zero attached hydrogens (tertiary/aromatic N) is 5. The monoisotopic (exact) mass is 464 g/mol. The van der Waals surface area contributed by atoms with Gasteiger partial charge in [-0.1, -0.05) is 36.3 Å². The van der Waals surface area contributed by atoms with E-state index in [1.54, 1.807) is 5.38 Å². The van der Waals surface area contributed by atoms with E-state index in [2.05, 4.69) is 25.1 Å². The standard InChI is InChI=1S/C19H24N6O4S2/c1-3-5-11-25(12-6-4-2)31(27,28)15-9-7-14(8-10-15)17(26)20-19-23-22-18(29-19)16-13-30-24-21-16/h7-10,13H,3-6,11-12H2,1-2H3,(H,20,23,26). The van der Waals surface area contributed by atoms with Gasteiger partial charge in [0.05, 0.1) is 4.90 Å². The first-order valence-electron chi connectivity index (χ1n) is 9.98. The Labute approximate surface area is 184 Å². The molecule has 0 radical (unpaired) electrons. The van der Waals surface area contributed by atoms with Gasteiger partial charge in [-0.3, -0.25) is 10.1 Å². The normalized spacial score (nSPS) is 11.7. The Morgan fingerprint density at radius 3 is 2.32 bits per heavy atom. The molecule has 1 N–H and O–H groups in total. The highest BCUT2D eigenvalue weighted by Gasteiger charge is 2.24. The van der Waals surface area contributed by atoms with Crippen LogP contribution in [0.5, 0.6) is 0 Å². The lowest BCUT2D eigenvalue weighted by atomic mass is 10.2. The zero-order valence-electron chi connectivity index (χ0n) is 17.3. The van der Waals surface area contributed by atoms with Crippen LogP contribution in [-0.2, 0) is 10.0 Å². The Morgan fingerprint density at radius 1 is 1.06 bits per heavy atom. The number of carbonyl (C=O) groups excluding carboxylic acids is 1. The van der Waals surface area contributed by atoms with Gasteiger partial charge < -0.3 is 4.42 Å². The topological polar surface area (TPSA) is 131 Å². The summed E-state index contributed by atoms with van der Waals surface area (Å²) in [6.07, 6.45) is 3.42. The lowest BCUT2D eigenvalue weighted by molar-refractivity contribution is 0.102. The van der Waals surface area contributed by atoms with Gasteiger partial charge in [0.2, 0.25) is 10.0 Å². The number of carbonyl (C=O) groups is 1. The fraction of sp³-hybridized carbons (Fsp3) is 0.421. The summed E-state index contributed by atoms with van der Waals surface area (Å²) in [5.74, 6) is -0.353. The first-order chi connectivity index (χ1) is 15.0. The van der Waals surface area contributed by atoms with E-state index in [4.69, 9.17) is 4.42 Å². The van der Waals surface area contributed by atoms with Crippen LogP contribution >= 0.6 is 11.5 Å². The van der Waals surface area contributed by atoms with Crippen LogP contribution in [0, 0.1) is 0 Å². The Balaban J connectivity index is 1.70. The Kier molecular flexibility index (Phi) is 7.82. The number of benzene rings is 1. The largest absolute Gasteiger partial charge is 0.401 e. The van der Waals surface area contributed by atoms with E-state index in [1.165, 1.54) is 28.6 Å². The molecular formula is C19H24N6O4S2. The van der Waals surface area contributed by atoms with Crippen LogP contribution < -0.4 is 5.32 Å². The lowest BCUT2D eigenvalue weighted by Crippen LogP contribution is -2.33. The summed E-state index contributed by atoms with van der Waals surface area (Å²) in [7, 11) is -3.62. The molecule has 1 amide bonds. The fourth-order valence-corrected chi connectivity index (χ4v) is 4.70. The third kappa shape index (κ3) is 5.71. The molecule has 0 bridgehead atoms. The molecule has 0 unspecified atom stereocenters. The van der Waals surface area contributed by atoms with Crippen LogP contribution in [0.3, 0.4) is 0 Å². The van der Waals surface area contributed by atoms with Crippen molar-refractivity contribution < 1.29 is 17.6 Å². The smallest absolute Gasteiger partial charge is 0.322 e. The second-order valence-corrected chi connectivity index (χ2v) is 9.34. The highest BCUT2D eigenvalue weighted by molar-refractivity contribution is 7.89. The van der Waals surface area contributed by atoms with Crippen molar-refractivity contribution in [2.24, 2.45) is 0 Å². The van der Waals surface area contributed by atoms with E-state index in [0.717, 1.165) is 37.2 Å². The van der Waals surface area contributed by atoms with Gasteiger partial charge in [-0.15, -0.1) is 10.2 Å². The van der Waals surface area contributed by atoms with Crippen molar-refractivity contribution in [2.45, 2.75) is 44.4 Å². The second-order valence-electron chi connectivity index (χ2n) is 6.79. The summed E-state index contributed by atoms with van der Waals surface area (Å²) in [5.41, 5.74) is 0.686. The van der Waals surface area contributed by atoms with Crippen molar-refractivity contribution in [2.75, 3.05) is 18.4 Å². The molecule has 2 aromatic heterocycles. The predicted molar refractivity (Wildman–Crippen MR) is 116 cm³/mol. The Bertz CT molecular complexity index is 1070. The molecule has 31 heavy (non-hydrogen) atoms. The summed E-state index contributed by atoms with van der Waals surface area (Å²) < 4.78 is 36.6. The number of unbranched alkanes of at least 4 members (excludes halogenated alkanes) is 2. The third-order valence-electron chi connectivity index (χ3n) is 4.50. The van der Waals surface area contributed by atoms with Gasteiger partial charge in [0.25, 0.3) is 11.8 Å². The van der Waals surface area contributed by atoms with Crippen LogP contribution in [0.25, 0.3) is 11.6 Å². The quantitative estimate of drug-likeness (QED) is 0.456. The first kappa shape index (κ1) is 23.0. The van der Waals surface area contributed by atoms with E-state index in [9.17, 15) is 13.2 Å². The van der Waals surface area contributed by atoms with Crippen LogP contribution in [-0.4, -0.2) is 51.5 Å². The van der Waals surface area contributed by atoms with Gasteiger partial charge in [-0.25, -0.2) is 8.42 Å². The van der Waals surface area contributed by atoms with Gasteiger partial charge in [-0.05, 0) is 48.6 Å². The molecule has 12 heteroatoms. The molecule has 10 nitrogen and oxygen atoms in total. The van der Waals surface area contributed by atoms with Crippen molar-refractivity contribution in [3.8, 4) is 11.6 Å². The van der Waals surface area contributed by atoms with Crippen molar-refractivity contribution in [1.82, 2.24) is 24.1 Å². The molecule has 0 atom stereocenters. The van der Waals surface area contributed by atoms with Crippen LogP contribution in [0.2, 0.25) is 0 Å². The zero-order chi connectivity index (χ0) is 22.3. The summed E-state index contributed by atoms with van der Waals surface area (Å²) in [6, 6.07) is 5.71. The average molecular weight is 465 g/mol. The highest BCUT2D eigenvalue weighted by atomic mass is 32.2. The molecule has 0 spiro atoms. The van der Waals surface area contributed by atoms with Crippen molar-refractivity contribution in [3.05, 3.63) is 35.2 Å². The minimum absolute atomic E-state index is 0.0880. The predicted octanol–water partition coefficient (Wildman–Crippen LogP) is 3.43. The average Bonchev–Trinajstić information content (AvgIpc) is 3.46. The summed E-state index contributed by atoms with van der Waals surface area (Å²) >= 11 is 1.14. The number of nitrogens with one attached hydrogen (secondary N) is 1. The van der Waals surface area contributed by atoms with E-state index in [1.807, 2.05) is 13.8 Å². The molecule has 0 saturated carbocycles. The molecule has 0 saturated heterocycles. The number of sulfonamides is 1. The number of hydrogen-bond donors (Lipinski definition) is 1. The SMILES string of the molecule is CCCCN(CCCC)S(=O)(=O)c1ccc(C(=O)Nc2nnc(-c3csnn3)o2)cc1. The van der Waals surface area contributed by atoms with Gasteiger partial charge >= 0.3 is 6.01 Å². The molecule has 0 aliphatic rings. The van der Waals surface area contributed by atoms with Gasteiger partial charge in [0, 0.05) is 24.0 Å². The van der Waals surface area contributed by atoms with Crippen molar-refractivity contribution in [3.63, 3.8) is 0 Å². The first-order valence-corrected chi connectivity index (χ1v) is 12.3. The maximum Gasteiger partial charge on any atom is 0.322 e. The van der Waals surface area contributed by atoms with Crippen molar-refractivity contribution >= 4 is 33.5 Å². The third-order valence-corrected chi connectivity index (χ3v) is 6.92. The lowest BCUT2D eigenvalue weighted by Gasteiger charge is -2.22. The number of hydrogen-bond acceptors (Lipinski definition) is 9. The van der Waals surface area contributed by atoms with Gasteiger partial charge in [-0.2, -0.15) is 4.31 Å². The minimum atomic E-state index is -3.62. The number of aromatic nitrogens is 4. The molecule has 3 rings (SSSR count). The minimum Gasteiger partial charge on any atom is -0.401 e. The van der Waals surface area contributed by atoms with Crippen LogP contribution in [0.15, 0.2) is 39.0 Å². The molecule has 3 aromatic rings. The number of anilines is 1. The Hall–Kier alpha value is -2.70. The van der Waals surface area contributed by atoms with E-state index >= 15 is 0 Å². The number of rotatable bonds is 11. The van der Waals surface area contributed by atoms with E-state index < -0.39 is 15.9 Å². The molecule has 166 valence electrons. The number of amides is 1. The molecule has 0 aliphatic heterocycles. The van der Waals surface area contributed by atoms with Crippen molar-refractivity contribution in [1.29, 1.82) is 0 Å². The molecule has 0 aliphatic carbocycles. The van der Waals surface area contributed by atoms with Crippen LogP contribution in [0.1, 0.15) is 49.9 Å². The maximum absolute atomic E-state index is 13.0. The maximum atomic E-state index is 13.0. The Morgan fingerprint density at radius 2 is 1.74 bits per heavy atom. The molecule has 2 heterocycles. The van der Waals surface area contributed by atoms with Gasteiger partial charge in [0.15, 0.2) is 5.69 Å². The molecule has 0 fully saturated rings.